The minimum absolute atomic E-state index is 0.176. The summed E-state index contributed by atoms with van der Waals surface area (Å²) in [6, 6.07) is 15.5. The summed E-state index contributed by atoms with van der Waals surface area (Å²) >= 11 is 1.27. The molecule has 2 N–H and O–H groups in total. The van der Waals surface area contributed by atoms with Gasteiger partial charge in [-0.1, -0.05) is 30.3 Å². The lowest BCUT2D eigenvalue weighted by molar-refractivity contribution is -0.148. The number of hydrogen-bond acceptors (Lipinski definition) is 6. The van der Waals surface area contributed by atoms with Crippen LogP contribution < -0.4 is 10.6 Å². The van der Waals surface area contributed by atoms with Crippen molar-refractivity contribution in [3.8, 4) is 0 Å². The number of fused-ring (bicyclic) bond motifs is 1. The Morgan fingerprint density at radius 2 is 1.74 bits per heavy atom. The number of thioether (sulfide) groups is 1. The Morgan fingerprint density at radius 1 is 1.04 bits per heavy atom. The normalized spacial score (nSPS) is 15.3. The van der Waals surface area contributed by atoms with E-state index in [1.54, 1.807) is 36.4 Å². The zero-order valence-corrected chi connectivity index (χ0v) is 15.0. The number of hydrogen-bond donors (Lipinski definition) is 2. The highest BCUT2D eigenvalue weighted by Crippen LogP contribution is 2.36. The van der Waals surface area contributed by atoms with Gasteiger partial charge in [-0.2, -0.15) is 0 Å². The maximum atomic E-state index is 12.1. The summed E-state index contributed by atoms with van der Waals surface area (Å²) in [6.45, 7) is -0.590. The fourth-order valence-corrected chi connectivity index (χ4v) is 3.50. The van der Waals surface area contributed by atoms with Crippen LogP contribution in [0.15, 0.2) is 59.5 Å². The third-order valence-corrected chi connectivity index (χ3v) is 4.99. The standard InChI is InChI=1S/C19H16N2O5S/c22-16(21-18(24)12-6-2-1-3-7-12)11-26-17(23)10-15-19(25)20-13-8-4-5-9-14(13)27-15/h1-9,15H,10-11H2,(H,20,25)(H,21,22,24)/t15-/m1/s1. The Kier molecular flexibility index (Phi) is 5.87. The first-order chi connectivity index (χ1) is 13.0. The molecule has 1 aliphatic rings. The number of amides is 3. The summed E-state index contributed by atoms with van der Waals surface area (Å²) in [5, 5.41) is 4.23. The van der Waals surface area contributed by atoms with Crippen LogP contribution in [-0.4, -0.2) is 35.5 Å². The van der Waals surface area contributed by atoms with E-state index in [0.717, 1.165) is 4.90 Å². The van der Waals surface area contributed by atoms with Gasteiger partial charge in [0.1, 0.15) is 0 Å². The van der Waals surface area contributed by atoms with Gasteiger partial charge < -0.3 is 10.1 Å². The van der Waals surface area contributed by atoms with Crippen LogP contribution in [0.25, 0.3) is 0 Å². The lowest BCUT2D eigenvalue weighted by Gasteiger charge is -2.23. The molecule has 0 saturated heterocycles. The van der Waals surface area contributed by atoms with Gasteiger partial charge in [-0.3, -0.25) is 24.5 Å². The average Bonchev–Trinajstić information content (AvgIpc) is 2.67. The second kappa shape index (κ2) is 8.50. The molecule has 27 heavy (non-hydrogen) atoms. The Bertz CT molecular complexity index is 885. The van der Waals surface area contributed by atoms with E-state index in [1.165, 1.54) is 11.8 Å². The average molecular weight is 384 g/mol. The highest BCUT2D eigenvalue weighted by atomic mass is 32.2. The number of para-hydroxylation sites is 1. The highest BCUT2D eigenvalue weighted by Gasteiger charge is 2.29. The van der Waals surface area contributed by atoms with Gasteiger partial charge in [0.25, 0.3) is 11.8 Å². The first-order valence-electron chi connectivity index (χ1n) is 8.14. The SMILES string of the molecule is O=C(COC(=O)C[C@H]1Sc2ccccc2NC1=O)NC(=O)c1ccccc1. The summed E-state index contributed by atoms with van der Waals surface area (Å²) in [5.41, 5.74) is 1.03. The Labute approximate surface area is 159 Å². The zero-order valence-electron chi connectivity index (χ0n) is 14.1. The number of nitrogens with one attached hydrogen (secondary N) is 2. The van der Waals surface area contributed by atoms with E-state index >= 15 is 0 Å². The number of imide groups is 1. The molecule has 0 aromatic heterocycles. The molecular weight excluding hydrogens is 368 g/mol. The Hall–Kier alpha value is -3.13. The van der Waals surface area contributed by atoms with Crippen LogP contribution in [0.1, 0.15) is 16.8 Å². The van der Waals surface area contributed by atoms with Gasteiger partial charge in [-0.15, -0.1) is 11.8 Å². The second-order valence-corrected chi connectivity index (χ2v) is 6.94. The monoisotopic (exact) mass is 384 g/mol. The number of ether oxygens (including phenoxy) is 1. The predicted octanol–water partition coefficient (Wildman–Crippen LogP) is 1.99. The number of esters is 1. The number of rotatable bonds is 5. The summed E-state index contributed by atoms with van der Waals surface area (Å²) in [4.78, 5) is 48.5. The molecule has 7 nitrogen and oxygen atoms in total. The number of carbonyl (C=O) groups is 4. The van der Waals surface area contributed by atoms with E-state index in [0.29, 0.717) is 11.3 Å². The van der Waals surface area contributed by atoms with Gasteiger partial charge in [0.05, 0.1) is 17.4 Å². The number of benzene rings is 2. The molecule has 0 fully saturated rings. The lowest BCUT2D eigenvalue weighted by atomic mass is 10.2. The minimum Gasteiger partial charge on any atom is -0.456 e. The lowest BCUT2D eigenvalue weighted by Crippen LogP contribution is -2.35. The van der Waals surface area contributed by atoms with Crippen LogP contribution >= 0.6 is 11.8 Å². The van der Waals surface area contributed by atoms with Crippen molar-refractivity contribution < 1.29 is 23.9 Å². The fourth-order valence-electron chi connectivity index (χ4n) is 2.41. The van der Waals surface area contributed by atoms with Gasteiger partial charge in [0.2, 0.25) is 5.91 Å². The van der Waals surface area contributed by atoms with Crippen molar-refractivity contribution in [2.75, 3.05) is 11.9 Å². The van der Waals surface area contributed by atoms with Crippen LogP contribution in [0.3, 0.4) is 0 Å². The van der Waals surface area contributed by atoms with Crippen LogP contribution in [0.2, 0.25) is 0 Å². The largest absolute Gasteiger partial charge is 0.456 e. The number of anilines is 1. The molecule has 2 aromatic carbocycles. The third-order valence-electron chi connectivity index (χ3n) is 3.71. The van der Waals surface area contributed by atoms with Crippen molar-refractivity contribution in [2.24, 2.45) is 0 Å². The van der Waals surface area contributed by atoms with E-state index in [9.17, 15) is 19.2 Å². The van der Waals surface area contributed by atoms with E-state index < -0.39 is 29.6 Å². The highest BCUT2D eigenvalue weighted by molar-refractivity contribution is 8.01. The predicted molar refractivity (Wildman–Crippen MR) is 99.2 cm³/mol. The molecule has 0 radical (unpaired) electrons. The van der Waals surface area contributed by atoms with Gasteiger partial charge in [0.15, 0.2) is 6.61 Å². The Morgan fingerprint density at radius 3 is 2.52 bits per heavy atom. The molecule has 0 aliphatic carbocycles. The first-order valence-corrected chi connectivity index (χ1v) is 9.02. The van der Waals surface area contributed by atoms with Gasteiger partial charge in [0, 0.05) is 10.5 Å². The maximum Gasteiger partial charge on any atom is 0.307 e. The van der Waals surface area contributed by atoms with E-state index in [1.807, 2.05) is 18.2 Å². The van der Waals surface area contributed by atoms with Crippen molar-refractivity contribution in [2.45, 2.75) is 16.6 Å². The molecule has 0 bridgehead atoms. The molecule has 0 saturated carbocycles. The molecule has 0 unspecified atom stereocenters. The van der Waals surface area contributed by atoms with Crippen molar-refractivity contribution in [3.05, 3.63) is 60.2 Å². The molecule has 138 valence electrons. The minimum atomic E-state index is -0.733. The fraction of sp³-hybridized carbons (Fsp3) is 0.158. The molecule has 0 spiro atoms. The van der Waals surface area contributed by atoms with Crippen molar-refractivity contribution >= 4 is 41.1 Å². The van der Waals surface area contributed by atoms with E-state index in [-0.39, 0.29) is 12.3 Å². The smallest absolute Gasteiger partial charge is 0.307 e. The van der Waals surface area contributed by atoms with Crippen molar-refractivity contribution in [3.63, 3.8) is 0 Å². The van der Waals surface area contributed by atoms with Gasteiger partial charge in [-0.25, -0.2) is 0 Å². The third kappa shape index (κ3) is 4.95. The molecular formula is C19H16N2O5S. The quantitative estimate of drug-likeness (QED) is 0.765. The van der Waals surface area contributed by atoms with Crippen LogP contribution in [0, 0.1) is 0 Å². The molecule has 2 aromatic rings. The summed E-state index contributed by atoms with van der Waals surface area (Å²) in [5.74, 6) is -2.29. The molecule has 1 aliphatic heterocycles. The van der Waals surface area contributed by atoms with Crippen LogP contribution in [-0.2, 0) is 19.1 Å². The Balaban J connectivity index is 1.46. The zero-order chi connectivity index (χ0) is 19.2. The van der Waals surface area contributed by atoms with E-state index in [4.69, 9.17) is 4.74 Å². The van der Waals surface area contributed by atoms with Gasteiger partial charge in [-0.05, 0) is 24.3 Å². The van der Waals surface area contributed by atoms with Gasteiger partial charge >= 0.3 is 5.97 Å². The van der Waals surface area contributed by atoms with Crippen molar-refractivity contribution in [1.29, 1.82) is 0 Å². The summed E-state index contributed by atoms with van der Waals surface area (Å²) in [7, 11) is 0. The molecule has 3 amide bonds. The van der Waals surface area contributed by atoms with Crippen molar-refractivity contribution in [1.82, 2.24) is 5.32 Å². The summed E-state index contributed by atoms with van der Waals surface area (Å²) in [6.07, 6.45) is -0.176. The topological polar surface area (TPSA) is 102 Å². The second-order valence-electron chi connectivity index (χ2n) is 5.70. The molecule has 8 heteroatoms. The van der Waals surface area contributed by atoms with E-state index in [2.05, 4.69) is 10.6 Å². The molecule has 3 rings (SSSR count). The van der Waals surface area contributed by atoms with Crippen LogP contribution in [0.4, 0.5) is 5.69 Å². The molecule has 1 heterocycles. The maximum absolute atomic E-state index is 12.1. The van der Waals surface area contributed by atoms with Crippen LogP contribution in [0.5, 0.6) is 0 Å². The summed E-state index contributed by atoms with van der Waals surface area (Å²) < 4.78 is 4.88. The number of carbonyl (C=O) groups excluding carboxylic acids is 4. The first kappa shape index (κ1) is 18.7. The molecule has 1 atom stereocenters.